The largest absolute Gasteiger partial charge is 0.443 e. The van der Waals surface area contributed by atoms with Gasteiger partial charge >= 0.3 is 6.18 Å². The molecule has 0 spiro atoms. The fourth-order valence-corrected chi connectivity index (χ4v) is 3.07. The fourth-order valence-electron chi connectivity index (χ4n) is 1.75. The maximum Gasteiger partial charge on any atom is 0.443 e. The first kappa shape index (κ1) is 15.6. The van der Waals surface area contributed by atoms with Crippen molar-refractivity contribution in [3.05, 3.63) is 49.9 Å². The van der Waals surface area contributed by atoms with Crippen LogP contribution in [0.25, 0.3) is 0 Å². The van der Waals surface area contributed by atoms with Gasteiger partial charge in [0.1, 0.15) is 0 Å². The van der Waals surface area contributed by atoms with E-state index < -0.39 is 17.2 Å². The van der Waals surface area contributed by atoms with Crippen molar-refractivity contribution in [2.75, 3.05) is 7.05 Å². The molecule has 1 aromatic heterocycles. The smallest absolute Gasteiger partial charge is 0.309 e. The van der Waals surface area contributed by atoms with Crippen molar-refractivity contribution in [2.24, 2.45) is 0 Å². The predicted octanol–water partition coefficient (Wildman–Crippen LogP) is 4.78. The zero-order valence-corrected chi connectivity index (χ0v) is 12.5. The summed E-state index contributed by atoms with van der Waals surface area (Å²) in [5.74, 6) is 0. The molecule has 2 nitrogen and oxygen atoms in total. The molecule has 20 heavy (non-hydrogen) atoms. The highest BCUT2D eigenvalue weighted by molar-refractivity contribution is 7.11. The molecule has 1 N–H and O–H groups in total. The van der Waals surface area contributed by atoms with Crippen LogP contribution in [0.1, 0.15) is 21.5 Å². The van der Waals surface area contributed by atoms with Crippen molar-refractivity contribution >= 4 is 34.5 Å². The molecule has 8 heteroatoms. The summed E-state index contributed by atoms with van der Waals surface area (Å²) in [6.07, 6.45) is -3.24. The molecule has 0 radical (unpaired) electrons. The first-order valence-corrected chi connectivity index (χ1v) is 7.06. The Morgan fingerprint density at radius 2 is 2.00 bits per heavy atom. The zero-order chi connectivity index (χ0) is 14.9. The van der Waals surface area contributed by atoms with Crippen LogP contribution < -0.4 is 5.32 Å². The van der Waals surface area contributed by atoms with Gasteiger partial charge in [0.2, 0.25) is 0 Å². The van der Waals surface area contributed by atoms with Gasteiger partial charge in [-0.05, 0) is 18.7 Å². The molecular weight excluding hydrogens is 332 g/mol. The number of nitrogens with zero attached hydrogens (tertiary/aromatic N) is 1. The Labute approximate surface area is 127 Å². The Hall–Kier alpha value is -0.820. The van der Waals surface area contributed by atoms with Gasteiger partial charge in [-0.3, -0.25) is 0 Å². The molecule has 0 saturated carbocycles. The number of aromatic nitrogens is 1. The van der Waals surface area contributed by atoms with Crippen LogP contribution in [0.5, 0.6) is 0 Å². The second kappa shape index (κ2) is 5.89. The lowest BCUT2D eigenvalue weighted by Crippen LogP contribution is -2.17. The van der Waals surface area contributed by atoms with Gasteiger partial charge in [0.05, 0.1) is 16.1 Å². The number of benzene rings is 1. The van der Waals surface area contributed by atoms with E-state index in [0.29, 0.717) is 31.8 Å². The molecular formula is C12H9Cl2F3N2S. The van der Waals surface area contributed by atoms with Gasteiger partial charge in [-0.15, -0.1) is 11.3 Å². The zero-order valence-electron chi connectivity index (χ0n) is 10.1. The number of alkyl halides is 3. The summed E-state index contributed by atoms with van der Waals surface area (Å²) in [7, 11) is 1.63. The van der Waals surface area contributed by atoms with E-state index in [1.54, 1.807) is 25.2 Å². The number of halogens is 5. The average molecular weight is 341 g/mol. The molecule has 0 fully saturated rings. The molecule has 2 aromatic rings. The van der Waals surface area contributed by atoms with E-state index in [2.05, 4.69) is 10.3 Å². The molecule has 0 saturated heterocycles. The van der Waals surface area contributed by atoms with E-state index in [0.717, 1.165) is 0 Å². The molecule has 108 valence electrons. The highest BCUT2D eigenvalue weighted by Crippen LogP contribution is 2.38. The minimum absolute atomic E-state index is 0.315. The van der Waals surface area contributed by atoms with Gasteiger partial charge in [0, 0.05) is 11.1 Å². The number of rotatable bonds is 3. The first-order chi connectivity index (χ1) is 9.34. The summed E-state index contributed by atoms with van der Waals surface area (Å²) in [5, 5.41) is 2.71. The summed E-state index contributed by atoms with van der Waals surface area (Å²) >= 11 is 12.6. The van der Waals surface area contributed by atoms with Crippen LogP contribution in [0.3, 0.4) is 0 Å². The van der Waals surface area contributed by atoms with E-state index in [1.807, 2.05) is 0 Å². The molecule has 1 unspecified atom stereocenters. The lowest BCUT2D eigenvalue weighted by Gasteiger charge is -2.16. The number of nitrogens with one attached hydrogen (secondary N) is 1. The molecule has 0 aliphatic rings. The Morgan fingerprint density at radius 1 is 1.30 bits per heavy atom. The fraction of sp³-hybridized carbons (Fsp3) is 0.250. The second-order valence-corrected chi connectivity index (χ2v) is 5.78. The summed E-state index contributed by atoms with van der Waals surface area (Å²) in [5.41, 5.74) is 0.610. The molecule has 1 heterocycles. The summed E-state index contributed by atoms with van der Waals surface area (Å²) < 4.78 is 37.8. The van der Waals surface area contributed by atoms with Crippen molar-refractivity contribution in [3.63, 3.8) is 0 Å². The van der Waals surface area contributed by atoms with Gasteiger partial charge in [-0.2, -0.15) is 13.2 Å². The Kier molecular flexibility index (Phi) is 4.59. The van der Waals surface area contributed by atoms with Crippen molar-refractivity contribution in [1.29, 1.82) is 0 Å². The highest BCUT2D eigenvalue weighted by Gasteiger charge is 2.35. The van der Waals surface area contributed by atoms with Crippen LogP contribution in [0.15, 0.2) is 24.4 Å². The summed E-state index contributed by atoms with van der Waals surface area (Å²) in [4.78, 5) is 3.83. The number of hydrogen-bond acceptors (Lipinski definition) is 3. The van der Waals surface area contributed by atoms with Crippen LogP contribution in [-0.2, 0) is 6.18 Å². The molecule has 0 amide bonds. The molecule has 1 atom stereocenters. The van der Waals surface area contributed by atoms with Crippen molar-refractivity contribution < 1.29 is 13.2 Å². The summed E-state index contributed by atoms with van der Waals surface area (Å²) in [6, 6.07) is 4.53. The van der Waals surface area contributed by atoms with E-state index in [4.69, 9.17) is 23.2 Å². The second-order valence-electron chi connectivity index (χ2n) is 3.93. The highest BCUT2D eigenvalue weighted by atomic mass is 35.5. The third-order valence-corrected chi connectivity index (χ3v) is 4.57. The Balaban J connectivity index is 2.43. The third-order valence-electron chi connectivity index (χ3n) is 2.63. The maximum absolute atomic E-state index is 12.6. The SMILES string of the molecule is CNC(c1cnc(C(F)(F)F)s1)c1cccc(Cl)c1Cl. The van der Waals surface area contributed by atoms with Crippen molar-refractivity contribution in [1.82, 2.24) is 10.3 Å². The van der Waals surface area contributed by atoms with Gasteiger partial charge in [-0.25, -0.2) is 4.98 Å². The molecule has 0 aliphatic heterocycles. The lowest BCUT2D eigenvalue weighted by atomic mass is 10.1. The van der Waals surface area contributed by atoms with E-state index in [1.165, 1.54) is 6.20 Å². The minimum Gasteiger partial charge on any atom is -0.309 e. The van der Waals surface area contributed by atoms with Crippen molar-refractivity contribution in [2.45, 2.75) is 12.2 Å². The monoisotopic (exact) mass is 340 g/mol. The van der Waals surface area contributed by atoms with Crippen LogP contribution in [0.2, 0.25) is 10.0 Å². The van der Waals surface area contributed by atoms with Gasteiger partial charge < -0.3 is 5.32 Å². The summed E-state index contributed by atoms with van der Waals surface area (Å²) in [6.45, 7) is 0. The van der Waals surface area contributed by atoms with E-state index >= 15 is 0 Å². The van der Waals surface area contributed by atoms with Gasteiger partial charge in [0.15, 0.2) is 5.01 Å². The average Bonchev–Trinajstić information content (AvgIpc) is 2.85. The Morgan fingerprint density at radius 3 is 2.55 bits per heavy atom. The van der Waals surface area contributed by atoms with Crippen LogP contribution in [-0.4, -0.2) is 12.0 Å². The molecule has 0 bridgehead atoms. The normalized spacial score (nSPS) is 13.5. The third kappa shape index (κ3) is 3.09. The molecule has 1 aromatic carbocycles. The first-order valence-electron chi connectivity index (χ1n) is 5.48. The quantitative estimate of drug-likeness (QED) is 0.869. The number of thiazole rings is 1. The predicted molar refractivity (Wildman–Crippen MR) is 74.5 cm³/mol. The lowest BCUT2D eigenvalue weighted by molar-refractivity contribution is -0.137. The molecule has 2 rings (SSSR count). The van der Waals surface area contributed by atoms with Crippen LogP contribution >= 0.6 is 34.5 Å². The van der Waals surface area contributed by atoms with Gasteiger partial charge in [0.25, 0.3) is 0 Å². The minimum atomic E-state index is -4.45. The van der Waals surface area contributed by atoms with Crippen molar-refractivity contribution in [3.8, 4) is 0 Å². The maximum atomic E-state index is 12.6. The van der Waals surface area contributed by atoms with Crippen LogP contribution in [0.4, 0.5) is 13.2 Å². The number of hydrogen-bond donors (Lipinski definition) is 1. The van der Waals surface area contributed by atoms with Crippen LogP contribution in [0, 0.1) is 0 Å². The topological polar surface area (TPSA) is 24.9 Å². The standard InChI is InChI=1S/C12H9Cl2F3N2S/c1-18-10(6-3-2-4-7(13)9(6)14)8-5-19-11(20-8)12(15,16)17/h2-5,10,18H,1H3. The van der Waals surface area contributed by atoms with E-state index in [9.17, 15) is 13.2 Å². The Bertz CT molecular complexity index is 613. The van der Waals surface area contributed by atoms with E-state index in [-0.39, 0.29) is 0 Å². The van der Waals surface area contributed by atoms with Gasteiger partial charge in [-0.1, -0.05) is 35.3 Å². The molecule has 0 aliphatic carbocycles.